The highest BCUT2D eigenvalue weighted by atomic mass is 35.5. The summed E-state index contributed by atoms with van der Waals surface area (Å²) >= 11 is 0. The molecule has 1 amide bonds. The van der Waals surface area contributed by atoms with Gasteiger partial charge < -0.3 is 10.6 Å². The van der Waals surface area contributed by atoms with Crippen molar-refractivity contribution >= 4 is 18.3 Å². The fourth-order valence-electron chi connectivity index (χ4n) is 3.75. The van der Waals surface area contributed by atoms with Crippen LogP contribution in [0.5, 0.6) is 0 Å². The molecule has 1 saturated heterocycles. The van der Waals surface area contributed by atoms with Gasteiger partial charge in [0.15, 0.2) is 0 Å². The lowest BCUT2D eigenvalue weighted by molar-refractivity contribution is -0.136. The van der Waals surface area contributed by atoms with E-state index in [1.165, 1.54) is 25.7 Å². The van der Waals surface area contributed by atoms with Gasteiger partial charge in [0.05, 0.1) is 0 Å². The molecule has 0 bridgehead atoms. The second-order valence-corrected chi connectivity index (χ2v) is 6.46. The Bertz CT molecular complexity index is 292. The van der Waals surface area contributed by atoms with Crippen molar-refractivity contribution in [1.82, 2.24) is 4.90 Å². The molecular formula is C15H29ClN2O. The van der Waals surface area contributed by atoms with Crippen LogP contribution in [0.3, 0.4) is 0 Å². The Labute approximate surface area is 123 Å². The molecule has 2 N–H and O–H groups in total. The van der Waals surface area contributed by atoms with Crippen molar-refractivity contribution in [1.29, 1.82) is 0 Å². The van der Waals surface area contributed by atoms with Crippen molar-refractivity contribution in [3.05, 3.63) is 0 Å². The van der Waals surface area contributed by atoms with Crippen LogP contribution in [0.4, 0.5) is 0 Å². The number of nitrogens with two attached hydrogens (primary N) is 1. The zero-order chi connectivity index (χ0) is 13.1. The SMILES string of the molecule is CC(CC1CCCC1)C(=O)N1CC(CN)CC1C.Cl. The van der Waals surface area contributed by atoms with E-state index in [0.29, 0.717) is 24.4 Å². The van der Waals surface area contributed by atoms with Crippen LogP contribution in [0, 0.1) is 17.8 Å². The van der Waals surface area contributed by atoms with Gasteiger partial charge in [0.1, 0.15) is 0 Å². The zero-order valence-electron chi connectivity index (χ0n) is 12.3. The first-order valence-corrected chi connectivity index (χ1v) is 7.62. The number of nitrogens with zero attached hydrogens (tertiary/aromatic N) is 1. The molecule has 2 rings (SSSR count). The Morgan fingerprint density at radius 1 is 1.32 bits per heavy atom. The predicted octanol–water partition coefficient (Wildman–Crippen LogP) is 2.82. The minimum Gasteiger partial charge on any atom is -0.339 e. The largest absolute Gasteiger partial charge is 0.339 e. The second-order valence-electron chi connectivity index (χ2n) is 6.46. The maximum atomic E-state index is 12.5. The molecule has 0 aromatic rings. The van der Waals surface area contributed by atoms with E-state index in [4.69, 9.17) is 5.73 Å². The summed E-state index contributed by atoms with van der Waals surface area (Å²) < 4.78 is 0. The lowest BCUT2D eigenvalue weighted by Gasteiger charge is -2.26. The highest BCUT2D eigenvalue weighted by Gasteiger charge is 2.34. The average Bonchev–Trinajstić information content (AvgIpc) is 2.97. The Balaban J connectivity index is 0.00000180. The fourth-order valence-corrected chi connectivity index (χ4v) is 3.75. The first-order chi connectivity index (χ1) is 8.61. The maximum Gasteiger partial charge on any atom is 0.225 e. The van der Waals surface area contributed by atoms with Crippen LogP contribution in [0.25, 0.3) is 0 Å². The van der Waals surface area contributed by atoms with Crippen molar-refractivity contribution in [2.75, 3.05) is 13.1 Å². The fraction of sp³-hybridized carbons (Fsp3) is 0.933. The molecule has 4 heteroatoms. The Kier molecular flexibility index (Phi) is 6.61. The molecule has 2 aliphatic rings. The number of halogens is 1. The molecule has 0 aromatic carbocycles. The van der Waals surface area contributed by atoms with E-state index >= 15 is 0 Å². The molecule has 1 aliphatic carbocycles. The molecule has 0 aromatic heterocycles. The lowest BCUT2D eigenvalue weighted by atomic mass is 9.93. The van der Waals surface area contributed by atoms with Crippen molar-refractivity contribution in [2.24, 2.45) is 23.5 Å². The van der Waals surface area contributed by atoms with Gasteiger partial charge in [-0.1, -0.05) is 32.6 Å². The number of likely N-dealkylation sites (tertiary alicyclic amines) is 1. The molecule has 19 heavy (non-hydrogen) atoms. The molecule has 112 valence electrons. The van der Waals surface area contributed by atoms with E-state index < -0.39 is 0 Å². The second kappa shape index (κ2) is 7.49. The summed E-state index contributed by atoms with van der Waals surface area (Å²) in [7, 11) is 0. The third kappa shape index (κ3) is 4.09. The summed E-state index contributed by atoms with van der Waals surface area (Å²) in [5.41, 5.74) is 5.73. The minimum absolute atomic E-state index is 0. The van der Waals surface area contributed by atoms with Gasteiger partial charge >= 0.3 is 0 Å². The molecule has 1 heterocycles. The van der Waals surface area contributed by atoms with Crippen LogP contribution in [0.1, 0.15) is 52.4 Å². The number of hydrogen-bond donors (Lipinski definition) is 1. The number of carbonyl (C=O) groups excluding carboxylic acids is 1. The summed E-state index contributed by atoms with van der Waals surface area (Å²) in [4.78, 5) is 14.6. The topological polar surface area (TPSA) is 46.3 Å². The van der Waals surface area contributed by atoms with Crippen molar-refractivity contribution in [3.8, 4) is 0 Å². The molecule has 2 fully saturated rings. The van der Waals surface area contributed by atoms with Crippen molar-refractivity contribution < 1.29 is 4.79 Å². The van der Waals surface area contributed by atoms with Gasteiger partial charge in [-0.15, -0.1) is 12.4 Å². The number of rotatable bonds is 4. The first kappa shape index (κ1) is 16.8. The smallest absolute Gasteiger partial charge is 0.225 e. The predicted molar refractivity (Wildman–Crippen MR) is 81.3 cm³/mol. The van der Waals surface area contributed by atoms with Gasteiger partial charge in [0, 0.05) is 18.5 Å². The zero-order valence-corrected chi connectivity index (χ0v) is 13.1. The van der Waals surface area contributed by atoms with Gasteiger partial charge in [-0.3, -0.25) is 4.79 Å². The Morgan fingerprint density at radius 3 is 2.47 bits per heavy atom. The number of carbonyl (C=O) groups is 1. The van der Waals surface area contributed by atoms with Crippen LogP contribution < -0.4 is 5.73 Å². The van der Waals surface area contributed by atoms with E-state index in [-0.39, 0.29) is 18.3 Å². The van der Waals surface area contributed by atoms with Gasteiger partial charge in [-0.2, -0.15) is 0 Å². The van der Waals surface area contributed by atoms with E-state index in [1.54, 1.807) is 0 Å². The standard InChI is InChI=1S/C15H28N2O.ClH/c1-11(7-13-5-3-4-6-13)15(18)17-10-14(9-16)8-12(17)2;/h11-14H,3-10,16H2,1-2H3;1H. The van der Waals surface area contributed by atoms with Gasteiger partial charge in [0.25, 0.3) is 0 Å². The van der Waals surface area contributed by atoms with Crippen LogP contribution in [-0.2, 0) is 4.79 Å². The average molecular weight is 289 g/mol. The minimum atomic E-state index is 0. The third-order valence-electron chi connectivity index (χ3n) is 4.86. The van der Waals surface area contributed by atoms with Crippen LogP contribution in [0.2, 0.25) is 0 Å². The first-order valence-electron chi connectivity index (χ1n) is 7.62. The molecule has 3 unspecified atom stereocenters. The van der Waals surface area contributed by atoms with Crippen LogP contribution >= 0.6 is 12.4 Å². The van der Waals surface area contributed by atoms with E-state index in [1.807, 2.05) is 0 Å². The normalized spacial score (nSPS) is 29.3. The van der Waals surface area contributed by atoms with Gasteiger partial charge in [-0.25, -0.2) is 0 Å². The van der Waals surface area contributed by atoms with E-state index in [2.05, 4.69) is 18.7 Å². The molecule has 0 radical (unpaired) electrons. The maximum absolute atomic E-state index is 12.5. The van der Waals surface area contributed by atoms with Crippen molar-refractivity contribution in [2.45, 2.75) is 58.4 Å². The molecule has 1 aliphatic heterocycles. The summed E-state index contributed by atoms with van der Waals surface area (Å²) in [5.74, 6) is 1.88. The molecule has 1 saturated carbocycles. The van der Waals surface area contributed by atoms with Crippen LogP contribution in [0.15, 0.2) is 0 Å². The van der Waals surface area contributed by atoms with E-state index in [9.17, 15) is 4.79 Å². The number of amides is 1. The molecular weight excluding hydrogens is 260 g/mol. The summed E-state index contributed by atoms with van der Waals surface area (Å²) in [5, 5.41) is 0. The molecule has 3 atom stereocenters. The quantitative estimate of drug-likeness (QED) is 0.865. The van der Waals surface area contributed by atoms with Gasteiger partial charge in [-0.05, 0) is 38.1 Å². The van der Waals surface area contributed by atoms with Gasteiger partial charge in [0.2, 0.25) is 5.91 Å². The highest BCUT2D eigenvalue weighted by Crippen LogP contribution is 2.32. The summed E-state index contributed by atoms with van der Waals surface area (Å²) in [6, 6.07) is 0.386. The third-order valence-corrected chi connectivity index (χ3v) is 4.86. The van der Waals surface area contributed by atoms with Crippen molar-refractivity contribution in [3.63, 3.8) is 0 Å². The molecule has 3 nitrogen and oxygen atoms in total. The molecule has 0 spiro atoms. The van der Waals surface area contributed by atoms with E-state index in [0.717, 1.165) is 25.3 Å². The lowest BCUT2D eigenvalue weighted by Crippen LogP contribution is -2.38. The summed E-state index contributed by atoms with van der Waals surface area (Å²) in [6.45, 7) is 5.87. The number of hydrogen-bond acceptors (Lipinski definition) is 2. The van der Waals surface area contributed by atoms with Crippen LogP contribution in [-0.4, -0.2) is 29.9 Å². The highest BCUT2D eigenvalue weighted by molar-refractivity contribution is 5.85. The summed E-state index contributed by atoms with van der Waals surface area (Å²) in [6.07, 6.45) is 7.56. The Hall–Kier alpha value is -0.280. The monoisotopic (exact) mass is 288 g/mol. The Morgan fingerprint density at radius 2 is 1.95 bits per heavy atom.